The largest absolute Gasteiger partial charge is 0.379 e. The number of piperazine rings is 1. The second kappa shape index (κ2) is 8.83. The molecule has 0 radical (unpaired) electrons. The smallest absolute Gasteiger partial charge is 0.242 e. The highest BCUT2D eigenvalue weighted by molar-refractivity contribution is 5.84. The van der Waals surface area contributed by atoms with Gasteiger partial charge < -0.3 is 19.4 Å². The summed E-state index contributed by atoms with van der Waals surface area (Å²) in [5.41, 5.74) is 0. The van der Waals surface area contributed by atoms with Crippen molar-refractivity contribution < 1.29 is 19.1 Å². The molecule has 8 heteroatoms. The van der Waals surface area contributed by atoms with Crippen molar-refractivity contribution in [3.63, 3.8) is 0 Å². The number of carbonyl (C=O) groups excluding carboxylic acids is 3. The molecule has 0 aliphatic carbocycles. The zero-order valence-electron chi connectivity index (χ0n) is 13.8. The number of hydrogen-bond donors (Lipinski definition) is 0. The maximum absolute atomic E-state index is 12.4. The molecule has 0 aromatic rings. The molecule has 0 bridgehead atoms. The van der Waals surface area contributed by atoms with Gasteiger partial charge in [-0.25, -0.2) is 0 Å². The van der Waals surface area contributed by atoms with Crippen LogP contribution in [-0.4, -0.2) is 110 Å². The molecule has 0 unspecified atom stereocenters. The van der Waals surface area contributed by atoms with E-state index in [2.05, 4.69) is 4.90 Å². The first kappa shape index (κ1) is 17.7. The van der Waals surface area contributed by atoms with Crippen LogP contribution in [0.5, 0.6) is 0 Å². The Hall–Kier alpha value is -1.67. The van der Waals surface area contributed by atoms with E-state index >= 15 is 0 Å². The van der Waals surface area contributed by atoms with Gasteiger partial charge in [0, 0.05) is 59.3 Å². The van der Waals surface area contributed by atoms with Crippen molar-refractivity contribution in [3.8, 4) is 0 Å². The van der Waals surface area contributed by atoms with Gasteiger partial charge in [0.25, 0.3) is 0 Å². The SMILES string of the molecule is CC(=O)N(CCN1CCOCC1)CC(=O)N1CCN(C=O)CC1. The van der Waals surface area contributed by atoms with Gasteiger partial charge in [-0.3, -0.25) is 19.3 Å². The first-order chi connectivity index (χ1) is 11.1. The Morgan fingerprint density at radius 2 is 1.74 bits per heavy atom. The Morgan fingerprint density at radius 3 is 2.30 bits per heavy atom. The van der Waals surface area contributed by atoms with Gasteiger partial charge in [0.2, 0.25) is 18.2 Å². The maximum Gasteiger partial charge on any atom is 0.242 e. The molecule has 3 amide bonds. The van der Waals surface area contributed by atoms with Crippen molar-refractivity contribution in [2.75, 3.05) is 72.1 Å². The van der Waals surface area contributed by atoms with Gasteiger partial charge in [0.1, 0.15) is 0 Å². The molecule has 8 nitrogen and oxygen atoms in total. The summed E-state index contributed by atoms with van der Waals surface area (Å²) in [6.07, 6.45) is 0.812. The van der Waals surface area contributed by atoms with Crippen LogP contribution in [0.1, 0.15) is 6.92 Å². The van der Waals surface area contributed by atoms with Crippen LogP contribution in [0, 0.1) is 0 Å². The van der Waals surface area contributed by atoms with E-state index in [0.29, 0.717) is 32.7 Å². The van der Waals surface area contributed by atoms with Gasteiger partial charge in [-0.1, -0.05) is 0 Å². The second-order valence-electron chi connectivity index (χ2n) is 5.92. The molecule has 2 rings (SSSR count). The molecule has 0 N–H and O–H groups in total. The molecule has 2 aliphatic heterocycles. The third-order valence-corrected chi connectivity index (χ3v) is 4.38. The molecular weight excluding hydrogens is 300 g/mol. The van der Waals surface area contributed by atoms with Gasteiger partial charge in [-0.15, -0.1) is 0 Å². The summed E-state index contributed by atoms with van der Waals surface area (Å²) in [5.74, 6) is -0.133. The van der Waals surface area contributed by atoms with Crippen molar-refractivity contribution >= 4 is 18.2 Å². The Bertz CT molecular complexity index is 418. The first-order valence-electron chi connectivity index (χ1n) is 8.13. The molecule has 2 saturated heterocycles. The summed E-state index contributed by atoms with van der Waals surface area (Å²) in [4.78, 5) is 42.1. The molecular formula is C15H26N4O4. The van der Waals surface area contributed by atoms with Gasteiger partial charge in [0.05, 0.1) is 19.8 Å². The van der Waals surface area contributed by atoms with E-state index in [0.717, 1.165) is 39.3 Å². The molecule has 2 aliphatic rings. The number of hydrogen-bond acceptors (Lipinski definition) is 5. The lowest BCUT2D eigenvalue weighted by Gasteiger charge is -2.34. The third kappa shape index (κ3) is 5.47. The molecule has 0 aromatic heterocycles. The van der Waals surface area contributed by atoms with E-state index < -0.39 is 0 Å². The Balaban J connectivity index is 1.77. The lowest BCUT2D eigenvalue weighted by Crippen LogP contribution is -2.52. The summed E-state index contributed by atoms with van der Waals surface area (Å²) in [7, 11) is 0. The van der Waals surface area contributed by atoms with Crippen LogP contribution < -0.4 is 0 Å². The van der Waals surface area contributed by atoms with Gasteiger partial charge in [-0.05, 0) is 0 Å². The predicted molar refractivity (Wildman–Crippen MR) is 83.7 cm³/mol. The van der Waals surface area contributed by atoms with Crippen LogP contribution in [0.3, 0.4) is 0 Å². The van der Waals surface area contributed by atoms with E-state index in [-0.39, 0.29) is 18.4 Å². The Morgan fingerprint density at radius 1 is 1.09 bits per heavy atom. The van der Waals surface area contributed by atoms with Crippen LogP contribution in [0.15, 0.2) is 0 Å². The fourth-order valence-corrected chi connectivity index (χ4v) is 2.77. The van der Waals surface area contributed by atoms with Crippen molar-refractivity contribution in [2.45, 2.75) is 6.92 Å². The molecule has 130 valence electrons. The van der Waals surface area contributed by atoms with Crippen molar-refractivity contribution in [3.05, 3.63) is 0 Å². The van der Waals surface area contributed by atoms with Crippen LogP contribution in [0.2, 0.25) is 0 Å². The van der Waals surface area contributed by atoms with Crippen molar-refractivity contribution in [1.29, 1.82) is 0 Å². The maximum atomic E-state index is 12.4. The van der Waals surface area contributed by atoms with Crippen LogP contribution in [-0.2, 0) is 19.1 Å². The minimum absolute atomic E-state index is 0.0484. The minimum atomic E-state index is -0.0851. The second-order valence-corrected chi connectivity index (χ2v) is 5.92. The highest BCUT2D eigenvalue weighted by Crippen LogP contribution is 2.03. The quantitative estimate of drug-likeness (QED) is 0.554. The molecule has 2 fully saturated rings. The predicted octanol–water partition coefficient (Wildman–Crippen LogP) is -1.53. The molecule has 0 spiro atoms. The van der Waals surface area contributed by atoms with Gasteiger partial charge in [0.15, 0.2) is 0 Å². The monoisotopic (exact) mass is 326 g/mol. The fourth-order valence-electron chi connectivity index (χ4n) is 2.77. The number of rotatable bonds is 6. The summed E-state index contributed by atoms with van der Waals surface area (Å²) >= 11 is 0. The van der Waals surface area contributed by atoms with E-state index in [9.17, 15) is 14.4 Å². The molecule has 23 heavy (non-hydrogen) atoms. The van der Waals surface area contributed by atoms with Gasteiger partial charge in [-0.2, -0.15) is 0 Å². The molecule has 0 saturated carbocycles. The number of nitrogens with zero attached hydrogens (tertiary/aromatic N) is 4. The minimum Gasteiger partial charge on any atom is -0.379 e. The van der Waals surface area contributed by atoms with Crippen LogP contribution in [0.25, 0.3) is 0 Å². The first-order valence-corrected chi connectivity index (χ1v) is 8.13. The summed E-state index contributed by atoms with van der Waals surface area (Å²) in [6, 6.07) is 0. The number of morpholine rings is 1. The third-order valence-electron chi connectivity index (χ3n) is 4.38. The number of amides is 3. The highest BCUT2D eigenvalue weighted by Gasteiger charge is 2.23. The standard InChI is InChI=1S/C15H26N4O4/c1-14(21)19(7-2-16-8-10-23-11-9-16)12-15(22)18-5-3-17(13-20)4-6-18/h13H,2-12H2,1H3. The summed E-state index contributed by atoms with van der Waals surface area (Å²) in [5, 5.41) is 0. The topological polar surface area (TPSA) is 73.4 Å². The Kier molecular flexibility index (Phi) is 6.79. The lowest BCUT2D eigenvalue weighted by molar-refractivity contribution is -0.141. The summed E-state index contributed by atoms with van der Waals surface area (Å²) in [6.45, 7) is 8.29. The number of ether oxygens (including phenoxy) is 1. The van der Waals surface area contributed by atoms with Crippen LogP contribution in [0.4, 0.5) is 0 Å². The highest BCUT2D eigenvalue weighted by atomic mass is 16.5. The van der Waals surface area contributed by atoms with E-state index in [1.165, 1.54) is 6.92 Å². The van der Waals surface area contributed by atoms with Crippen molar-refractivity contribution in [1.82, 2.24) is 19.6 Å². The van der Waals surface area contributed by atoms with Gasteiger partial charge >= 0.3 is 0 Å². The lowest BCUT2D eigenvalue weighted by atomic mass is 10.3. The van der Waals surface area contributed by atoms with E-state index in [4.69, 9.17) is 4.74 Å². The molecule has 0 atom stereocenters. The van der Waals surface area contributed by atoms with E-state index in [1.807, 2.05) is 0 Å². The molecule has 2 heterocycles. The molecule has 0 aromatic carbocycles. The Labute approximate surface area is 136 Å². The number of carbonyl (C=O) groups is 3. The zero-order chi connectivity index (χ0) is 16.7. The average Bonchev–Trinajstić information content (AvgIpc) is 2.59. The average molecular weight is 326 g/mol. The normalized spacial score (nSPS) is 19.5. The summed E-state index contributed by atoms with van der Waals surface area (Å²) < 4.78 is 5.30. The van der Waals surface area contributed by atoms with Crippen LogP contribution >= 0.6 is 0 Å². The fraction of sp³-hybridized carbons (Fsp3) is 0.800. The van der Waals surface area contributed by atoms with E-state index in [1.54, 1.807) is 14.7 Å². The van der Waals surface area contributed by atoms with Crippen molar-refractivity contribution in [2.24, 2.45) is 0 Å². The zero-order valence-corrected chi connectivity index (χ0v) is 13.8.